The molecule has 4 saturated carbocycles. The van der Waals surface area contributed by atoms with Gasteiger partial charge in [0.2, 0.25) is 0 Å². The van der Waals surface area contributed by atoms with E-state index in [4.69, 9.17) is 0 Å². The van der Waals surface area contributed by atoms with Crippen LogP contribution in [0.1, 0.15) is 49.7 Å². The summed E-state index contributed by atoms with van der Waals surface area (Å²) in [6.07, 6.45) is 7.18. The molecule has 1 aliphatic heterocycles. The van der Waals surface area contributed by atoms with E-state index in [2.05, 4.69) is 5.32 Å². The van der Waals surface area contributed by atoms with Gasteiger partial charge < -0.3 is 5.32 Å². The Kier molecular flexibility index (Phi) is 4.80. The molecule has 34 heavy (non-hydrogen) atoms. The molecule has 1 heterocycles. The van der Waals surface area contributed by atoms with Gasteiger partial charge in [-0.05, 0) is 67.4 Å². The maximum Gasteiger partial charge on any atom is 0.325 e. The number of non-ortho nitro benzene ring substituents is 1. The maximum absolute atomic E-state index is 14.3. The average molecular weight is 460 g/mol. The average Bonchev–Trinajstić information content (AvgIpc) is 3.03. The highest BCUT2D eigenvalue weighted by molar-refractivity contribution is 6.08. The predicted molar refractivity (Wildman–Crippen MR) is 126 cm³/mol. The zero-order valence-electron chi connectivity index (χ0n) is 19.1. The van der Waals surface area contributed by atoms with Gasteiger partial charge in [-0.3, -0.25) is 19.8 Å². The number of nitrogens with zero attached hydrogens (tertiary/aromatic N) is 2. The van der Waals surface area contributed by atoms with Crippen LogP contribution in [0.4, 0.5) is 10.5 Å². The van der Waals surface area contributed by atoms with E-state index in [-0.39, 0.29) is 23.2 Å². The van der Waals surface area contributed by atoms with Gasteiger partial charge in [-0.25, -0.2) is 4.79 Å². The molecule has 2 aromatic rings. The van der Waals surface area contributed by atoms with Gasteiger partial charge in [0.05, 0.1) is 10.5 Å². The fourth-order valence-corrected chi connectivity index (χ4v) is 7.72. The van der Waals surface area contributed by atoms with Crippen LogP contribution in [0.25, 0.3) is 0 Å². The van der Waals surface area contributed by atoms with Crippen LogP contribution in [0, 0.1) is 27.9 Å². The Bertz CT molecular complexity index is 1110. The van der Waals surface area contributed by atoms with Crippen LogP contribution in [-0.4, -0.2) is 32.8 Å². The van der Waals surface area contributed by atoms with Crippen molar-refractivity contribution in [2.24, 2.45) is 17.8 Å². The van der Waals surface area contributed by atoms with Gasteiger partial charge in [-0.2, -0.15) is 0 Å². The van der Waals surface area contributed by atoms with Crippen LogP contribution in [0.15, 0.2) is 54.6 Å². The number of nitrogens with one attached hydrogen (secondary N) is 1. The predicted octanol–water partition coefficient (Wildman–Crippen LogP) is 4.64. The monoisotopic (exact) mass is 459 g/mol. The molecule has 1 N–H and O–H groups in total. The Hall–Kier alpha value is -3.22. The minimum absolute atomic E-state index is 0.0119. The molecule has 3 amide bonds. The summed E-state index contributed by atoms with van der Waals surface area (Å²) in [7, 11) is 0. The van der Waals surface area contributed by atoms with Crippen molar-refractivity contribution in [1.82, 2.24) is 10.2 Å². The third-order valence-electron chi connectivity index (χ3n) is 8.64. The third kappa shape index (κ3) is 3.40. The summed E-state index contributed by atoms with van der Waals surface area (Å²) in [6, 6.07) is 15.8. The fraction of sp³-hybridized carbons (Fsp3) is 0.481. The highest BCUT2D eigenvalue weighted by Crippen LogP contribution is 2.58. The second-order valence-electron chi connectivity index (χ2n) is 11.1. The molecular formula is C27H29N3O4. The zero-order chi connectivity index (χ0) is 23.5. The standard InChI is InChI=1S/C27H29N3O4/c31-24-27(16-18-4-2-1-3-5-18,17-19-6-8-23(9-7-19)30(33)34)28-25(32)29(24)26-13-20-10-21(14-26)12-22(11-20)15-26/h1-9,20-22H,10-17H2,(H,28,32). The number of hydrogen-bond acceptors (Lipinski definition) is 4. The van der Waals surface area contributed by atoms with Crippen molar-refractivity contribution in [1.29, 1.82) is 0 Å². The number of imide groups is 1. The quantitative estimate of drug-likeness (QED) is 0.387. The topological polar surface area (TPSA) is 92.5 Å². The molecule has 0 spiro atoms. The normalized spacial score (nSPS) is 33.9. The van der Waals surface area contributed by atoms with E-state index in [0.717, 1.165) is 30.4 Å². The number of carbonyl (C=O) groups is 2. The van der Waals surface area contributed by atoms with Crippen LogP contribution in [-0.2, 0) is 17.6 Å². The summed E-state index contributed by atoms with van der Waals surface area (Å²) in [4.78, 5) is 40.1. The maximum atomic E-state index is 14.3. The first-order valence-corrected chi connectivity index (χ1v) is 12.3. The van der Waals surface area contributed by atoms with Gasteiger partial charge >= 0.3 is 6.03 Å². The van der Waals surface area contributed by atoms with E-state index in [9.17, 15) is 19.7 Å². The molecule has 176 valence electrons. The molecule has 4 bridgehead atoms. The number of nitro benzene ring substituents is 1. The van der Waals surface area contributed by atoms with Crippen molar-refractivity contribution in [3.05, 3.63) is 75.8 Å². The van der Waals surface area contributed by atoms with Gasteiger partial charge in [-0.1, -0.05) is 42.5 Å². The van der Waals surface area contributed by atoms with Gasteiger partial charge in [0, 0.05) is 25.0 Å². The molecule has 5 aliphatic rings. The van der Waals surface area contributed by atoms with Crippen molar-refractivity contribution in [2.45, 2.75) is 62.4 Å². The number of urea groups is 1. The first-order chi connectivity index (χ1) is 16.4. The van der Waals surface area contributed by atoms with E-state index in [1.54, 1.807) is 17.0 Å². The molecule has 0 radical (unpaired) electrons. The minimum Gasteiger partial charge on any atom is -0.322 e. The molecule has 7 nitrogen and oxygen atoms in total. The van der Waals surface area contributed by atoms with Gasteiger partial charge in [0.15, 0.2) is 0 Å². The van der Waals surface area contributed by atoms with Gasteiger partial charge in [-0.15, -0.1) is 0 Å². The van der Waals surface area contributed by atoms with E-state index < -0.39 is 10.5 Å². The smallest absolute Gasteiger partial charge is 0.322 e. The molecular weight excluding hydrogens is 430 g/mol. The summed E-state index contributed by atoms with van der Waals surface area (Å²) in [5.74, 6) is 1.71. The molecule has 0 aromatic heterocycles. The number of hydrogen-bond donors (Lipinski definition) is 1. The number of amides is 3. The van der Waals surface area contributed by atoms with Crippen molar-refractivity contribution >= 4 is 17.6 Å². The molecule has 4 aliphatic carbocycles. The molecule has 7 rings (SSSR count). The van der Waals surface area contributed by atoms with Crippen LogP contribution in [0.5, 0.6) is 0 Å². The largest absolute Gasteiger partial charge is 0.325 e. The third-order valence-corrected chi connectivity index (χ3v) is 8.64. The second kappa shape index (κ2) is 7.65. The first-order valence-electron chi connectivity index (χ1n) is 12.3. The lowest BCUT2D eigenvalue weighted by atomic mass is 9.52. The van der Waals surface area contributed by atoms with Crippen molar-refractivity contribution in [3.63, 3.8) is 0 Å². The Balaban J connectivity index is 1.36. The minimum atomic E-state index is -1.10. The summed E-state index contributed by atoms with van der Waals surface area (Å²) in [5, 5.41) is 14.2. The molecule has 5 fully saturated rings. The number of rotatable bonds is 6. The van der Waals surface area contributed by atoms with Crippen LogP contribution >= 0.6 is 0 Å². The van der Waals surface area contributed by atoms with Gasteiger partial charge in [0.1, 0.15) is 5.54 Å². The Morgan fingerprint density at radius 3 is 1.91 bits per heavy atom. The number of carbonyl (C=O) groups excluding carboxylic acids is 2. The number of benzene rings is 2. The highest BCUT2D eigenvalue weighted by atomic mass is 16.6. The summed E-state index contributed by atoms with van der Waals surface area (Å²) >= 11 is 0. The summed E-state index contributed by atoms with van der Waals surface area (Å²) in [5.41, 5.74) is 0.327. The SMILES string of the molecule is O=C1NC(Cc2ccccc2)(Cc2ccc([N+](=O)[O-])cc2)C(=O)N1C12CC3CC(CC(C3)C1)C2. The van der Waals surface area contributed by atoms with Crippen LogP contribution in [0.2, 0.25) is 0 Å². The van der Waals surface area contributed by atoms with Crippen LogP contribution in [0.3, 0.4) is 0 Å². The molecule has 7 heteroatoms. The Morgan fingerprint density at radius 2 is 1.38 bits per heavy atom. The molecule has 1 atom stereocenters. The van der Waals surface area contributed by atoms with Crippen molar-refractivity contribution in [3.8, 4) is 0 Å². The second-order valence-corrected chi connectivity index (χ2v) is 11.1. The Morgan fingerprint density at radius 1 is 0.853 bits per heavy atom. The van der Waals surface area contributed by atoms with Crippen LogP contribution < -0.4 is 5.32 Å². The van der Waals surface area contributed by atoms with Crippen molar-refractivity contribution in [2.75, 3.05) is 0 Å². The molecule has 2 aromatic carbocycles. The summed E-state index contributed by atoms with van der Waals surface area (Å²) < 4.78 is 0. The van der Waals surface area contributed by atoms with Gasteiger partial charge in [0.25, 0.3) is 11.6 Å². The lowest BCUT2D eigenvalue weighted by Crippen LogP contribution is -2.62. The zero-order valence-corrected chi connectivity index (χ0v) is 19.1. The van der Waals surface area contributed by atoms with E-state index in [1.807, 2.05) is 30.3 Å². The molecule has 1 unspecified atom stereocenters. The Labute approximate surface area is 198 Å². The van der Waals surface area contributed by atoms with E-state index in [0.29, 0.717) is 30.6 Å². The first kappa shape index (κ1) is 21.3. The highest BCUT2D eigenvalue weighted by Gasteiger charge is 2.62. The summed E-state index contributed by atoms with van der Waals surface area (Å²) in [6.45, 7) is 0. The van der Waals surface area contributed by atoms with E-state index >= 15 is 0 Å². The number of nitro groups is 1. The lowest BCUT2D eigenvalue weighted by molar-refractivity contribution is -0.384. The lowest BCUT2D eigenvalue weighted by Gasteiger charge is -2.58. The van der Waals surface area contributed by atoms with Crippen molar-refractivity contribution < 1.29 is 14.5 Å². The van der Waals surface area contributed by atoms with E-state index in [1.165, 1.54) is 31.4 Å². The fourth-order valence-electron chi connectivity index (χ4n) is 7.72. The molecule has 1 saturated heterocycles.